The van der Waals surface area contributed by atoms with Crippen molar-refractivity contribution < 1.29 is 19.1 Å². The van der Waals surface area contributed by atoms with Gasteiger partial charge in [0.25, 0.3) is 5.91 Å². The lowest BCUT2D eigenvalue weighted by molar-refractivity contribution is -0.150. The average molecular weight is 361 g/mol. The van der Waals surface area contributed by atoms with Crippen LogP contribution in [0.15, 0.2) is 29.6 Å². The molecule has 6 heteroatoms. The van der Waals surface area contributed by atoms with E-state index in [1.54, 1.807) is 11.3 Å². The molecule has 1 heterocycles. The Morgan fingerprint density at radius 1 is 1.12 bits per heavy atom. The van der Waals surface area contributed by atoms with E-state index in [1.807, 2.05) is 50.4 Å². The van der Waals surface area contributed by atoms with Gasteiger partial charge in [-0.3, -0.25) is 4.79 Å². The number of rotatable bonds is 8. The molecule has 0 saturated heterocycles. The van der Waals surface area contributed by atoms with Crippen LogP contribution >= 0.6 is 11.3 Å². The van der Waals surface area contributed by atoms with Gasteiger partial charge in [-0.2, -0.15) is 0 Å². The maximum Gasteiger partial charge on any atom is 0.344 e. The third kappa shape index (κ3) is 6.23. The number of carbonyl (C=O) groups is 2. The molecule has 0 spiro atoms. The lowest BCUT2D eigenvalue weighted by Gasteiger charge is -2.12. The molecule has 0 aliphatic rings. The van der Waals surface area contributed by atoms with Crippen molar-refractivity contribution in [1.29, 1.82) is 0 Å². The van der Waals surface area contributed by atoms with Gasteiger partial charge in [0.05, 0.1) is 0 Å². The van der Waals surface area contributed by atoms with Gasteiger partial charge in [-0.25, -0.2) is 4.79 Å². The van der Waals surface area contributed by atoms with Crippen LogP contribution in [0.25, 0.3) is 0 Å². The summed E-state index contributed by atoms with van der Waals surface area (Å²) in [4.78, 5) is 24.6. The van der Waals surface area contributed by atoms with Crippen LogP contribution in [0.5, 0.6) is 5.75 Å². The van der Waals surface area contributed by atoms with Gasteiger partial charge in [0.1, 0.15) is 5.75 Å². The van der Waals surface area contributed by atoms with Crippen LogP contribution in [0.1, 0.15) is 21.6 Å². The van der Waals surface area contributed by atoms with E-state index < -0.39 is 5.97 Å². The first-order valence-electron chi connectivity index (χ1n) is 8.11. The Hall–Kier alpha value is -2.34. The second-order valence-electron chi connectivity index (χ2n) is 5.86. The molecule has 0 unspecified atom stereocenters. The molecule has 0 radical (unpaired) electrons. The fourth-order valence-corrected chi connectivity index (χ4v) is 3.25. The fourth-order valence-electron chi connectivity index (χ4n) is 2.54. The lowest BCUT2D eigenvalue weighted by Crippen LogP contribution is -2.31. The van der Waals surface area contributed by atoms with Crippen LogP contribution in [0, 0.1) is 20.8 Å². The molecule has 0 saturated carbocycles. The van der Waals surface area contributed by atoms with Gasteiger partial charge < -0.3 is 14.8 Å². The Balaban J connectivity index is 1.67. The van der Waals surface area contributed by atoms with Gasteiger partial charge in [0.2, 0.25) is 0 Å². The third-order valence-corrected chi connectivity index (χ3v) is 4.51. The highest BCUT2D eigenvalue weighted by atomic mass is 32.1. The lowest BCUT2D eigenvalue weighted by atomic mass is 10.1. The summed E-state index contributed by atoms with van der Waals surface area (Å²) in [5.74, 6) is -0.191. The van der Waals surface area contributed by atoms with Gasteiger partial charge in [-0.1, -0.05) is 23.8 Å². The summed E-state index contributed by atoms with van der Waals surface area (Å²) >= 11 is 1.65. The quantitative estimate of drug-likeness (QED) is 0.734. The molecule has 0 aliphatic carbocycles. The number of ether oxygens (including phenoxy) is 2. The highest BCUT2D eigenvalue weighted by molar-refractivity contribution is 7.09. The maximum absolute atomic E-state index is 11.7. The molecule has 1 N–H and O–H groups in total. The van der Waals surface area contributed by atoms with Crippen LogP contribution in [0.4, 0.5) is 0 Å². The minimum Gasteiger partial charge on any atom is -0.481 e. The molecule has 1 aromatic carbocycles. The number of nitrogens with one attached hydrogen (secondary N) is 1. The smallest absolute Gasteiger partial charge is 0.344 e. The average Bonchev–Trinajstić information content (AvgIpc) is 3.05. The molecule has 1 amide bonds. The number of carbonyl (C=O) groups excluding carboxylic acids is 2. The van der Waals surface area contributed by atoms with Crippen molar-refractivity contribution in [3.05, 3.63) is 51.2 Å². The van der Waals surface area contributed by atoms with Crippen molar-refractivity contribution in [3.63, 3.8) is 0 Å². The molecule has 134 valence electrons. The third-order valence-electron chi connectivity index (χ3n) is 3.58. The van der Waals surface area contributed by atoms with E-state index in [9.17, 15) is 9.59 Å². The van der Waals surface area contributed by atoms with Gasteiger partial charge in [-0.05, 0) is 49.8 Å². The standard InChI is InChI=1S/C19H23NO4S/c1-13-9-14(2)19(15(3)10-13)24-12-18(22)23-11-17(21)20-7-6-16-5-4-8-25-16/h4-5,8-10H,6-7,11-12H2,1-3H3,(H,20,21). The zero-order chi connectivity index (χ0) is 18.2. The SMILES string of the molecule is Cc1cc(C)c(OCC(=O)OCC(=O)NCCc2cccs2)c(C)c1. The number of esters is 1. The number of benzene rings is 1. The van der Waals surface area contributed by atoms with Crippen molar-refractivity contribution in [2.45, 2.75) is 27.2 Å². The van der Waals surface area contributed by atoms with Crippen LogP contribution in [0.2, 0.25) is 0 Å². The Kier molecular flexibility index (Phi) is 7.01. The number of hydrogen-bond acceptors (Lipinski definition) is 5. The molecule has 0 fully saturated rings. The number of hydrogen-bond donors (Lipinski definition) is 1. The van der Waals surface area contributed by atoms with E-state index in [0.29, 0.717) is 12.3 Å². The molecule has 1 aromatic heterocycles. The highest BCUT2D eigenvalue weighted by Crippen LogP contribution is 2.24. The summed E-state index contributed by atoms with van der Waals surface area (Å²) in [6.45, 7) is 5.89. The van der Waals surface area contributed by atoms with Crippen molar-refractivity contribution >= 4 is 23.2 Å². The molecular formula is C19H23NO4S. The summed E-state index contributed by atoms with van der Waals surface area (Å²) in [6, 6.07) is 7.98. The van der Waals surface area contributed by atoms with Gasteiger partial charge in [-0.15, -0.1) is 11.3 Å². The van der Waals surface area contributed by atoms with Crippen molar-refractivity contribution in [2.24, 2.45) is 0 Å². The van der Waals surface area contributed by atoms with E-state index >= 15 is 0 Å². The zero-order valence-corrected chi connectivity index (χ0v) is 15.6. The van der Waals surface area contributed by atoms with Crippen LogP contribution < -0.4 is 10.1 Å². The van der Waals surface area contributed by atoms with E-state index in [1.165, 1.54) is 4.88 Å². The minimum absolute atomic E-state index is 0.215. The van der Waals surface area contributed by atoms with Crippen molar-refractivity contribution in [1.82, 2.24) is 5.32 Å². The first-order chi connectivity index (χ1) is 12.0. The maximum atomic E-state index is 11.7. The van der Waals surface area contributed by atoms with Crippen LogP contribution in [0.3, 0.4) is 0 Å². The van der Waals surface area contributed by atoms with Crippen LogP contribution in [-0.4, -0.2) is 31.6 Å². The Bertz CT molecular complexity index is 702. The molecule has 5 nitrogen and oxygen atoms in total. The predicted octanol–water partition coefficient (Wildman–Crippen LogP) is 2.95. The Morgan fingerprint density at radius 2 is 1.84 bits per heavy atom. The summed E-state index contributed by atoms with van der Waals surface area (Å²) in [6.07, 6.45) is 0.770. The minimum atomic E-state index is -0.562. The topological polar surface area (TPSA) is 64.6 Å². The van der Waals surface area contributed by atoms with E-state index in [4.69, 9.17) is 9.47 Å². The molecule has 0 aliphatic heterocycles. The molecule has 2 aromatic rings. The molecule has 2 rings (SSSR count). The second kappa shape index (κ2) is 9.22. The van der Waals surface area contributed by atoms with Gasteiger partial charge >= 0.3 is 5.97 Å². The first-order valence-corrected chi connectivity index (χ1v) is 8.99. The van der Waals surface area contributed by atoms with E-state index in [-0.39, 0.29) is 19.1 Å². The summed E-state index contributed by atoms with van der Waals surface area (Å²) < 4.78 is 10.5. The summed E-state index contributed by atoms with van der Waals surface area (Å²) in [5, 5.41) is 4.72. The van der Waals surface area contributed by atoms with Gasteiger partial charge in [0.15, 0.2) is 13.2 Å². The van der Waals surface area contributed by atoms with Gasteiger partial charge in [0, 0.05) is 11.4 Å². The second-order valence-corrected chi connectivity index (χ2v) is 6.89. The fraction of sp³-hybridized carbons (Fsp3) is 0.368. The molecule has 25 heavy (non-hydrogen) atoms. The van der Waals surface area contributed by atoms with Crippen LogP contribution in [-0.2, 0) is 20.7 Å². The molecular weight excluding hydrogens is 338 g/mol. The Morgan fingerprint density at radius 3 is 2.48 bits per heavy atom. The number of thiophene rings is 1. The monoisotopic (exact) mass is 361 g/mol. The first kappa shape index (κ1) is 19.0. The summed E-state index contributed by atoms with van der Waals surface area (Å²) in [7, 11) is 0. The molecule has 0 atom stereocenters. The number of aryl methyl sites for hydroxylation is 3. The Labute approximate surface area is 152 Å². The normalized spacial score (nSPS) is 10.4. The highest BCUT2D eigenvalue weighted by Gasteiger charge is 2.11. The molecule has 0 bridgehead atoms. The van der Waals surface area contributed by atoms with Crippen molar-refractivity contribution in [2.75, 3.05) is 19.8 Å². The van der Waals surface area contributed by atoms with E-state index in [0.717, 1.165) is 23.1 Å². The predicted molar refractivity (Wildman–Crippen MR) is 98.1 cm³/mol. The summed E-state index contributed by atoms with van der Waals surface area (Å²) in [5.41, 5.74) is 3.08. The largest absolute Gasteiger partial charge is 0.481 e. The van der Waals surface area contributed by atoms with Crippen molar-refractivity contribution in [3.8, 4) is 5.75 Å². The number of amides is 1. The zero-order valence-electron chi connectivity index (χ0n) is 14.8. The van der Waals surface area contributed by atoms with E-state index in [2.05, 4.69) is 5.32 Å².